The lowest BCUT2D eigenvalue weighted by atomic mass is 10.2. The van der Waals surface area contributed by atoms with Crippen LogP contribution in [-0.2, 0) is 0 Å². The van der Waals surface area contributed by atoms with Gasteiger partial charge in [-0.1, -0.05) is 31.6 Å². The summed E-state index contributed by atoms with van der Waals surface area (Å²) in [6, 6.07) is 8.07. The number of rotatable bonds is 1. The summed E-state index contributed by atoms with van der Waals surface area (Å²) >= 11 is 0. The van der Waals surface area contributed by atoms with Crippen molar-refractivity contribution in [2.24, 2.45) is 0 Å². The Kier molecular flexibility index (Phi) is 3.32. The van der Waals surface area contributed by atoms with Gasteiger partial charge in [-0.05, 0) is 18.2 Å². The quantitative estimate of drug-likeness (QED) is 0.511. The molecule has 21 heavy (non-hydrogen) atoms. The van der Waals surface area contributed by atoms with Gasteiger partial charge in [-0.2, -0.15) is 5.10 Å². The minimum absolute atomic E-state index is 0.806. The minimum Gasteiger partial charge on any atom is -0.244 e. The lowest BCUT2D eigenvalue weighted by Gasteiger charge is -2.05. The van der Waals surface area contributed by atoms with Gasteiger partial charge in [-0.25, -0.2) is 14.6 Å². The molecule has 3 aromatic rings. The zero-order chi connectivity index (χ0) is 14.9. The maximum absolute atomic E-state index is 4.39. The molecule has 0 saturated heterocycles. The van der Waals surface area contributed by atoms with E-state index in [2.05, 4.69) is 46.2 Å². The SMILES string of the molecule is C[Si](C)(C)C#Cc1cccc(-n2ncc3cncnc32)c1. The fourth-order valence-electron chi connectivity index (χ4n) is 1.94. The van der Waals surface area contributed by atoms with E-state index in [1.54, 1.807) is 12.4 Å². The molecule has 5 heteroatoms. The van der Waals surface area contributed by atoms with E-state index in [0.29, 0.717) is 0 Å². The molecule has 0 N–H and O–H groups in total. The molecule has 104 valence electrons. The van der Waals surface area contributed by atoms with Crippen LogP contribution in [0.25, 0.3) is 16.7 Å². The van der Waals surface area contributed by atoms with E-state index in [-0.39, 0.29) is 0 Å². The van der Waals surface area contributed by atoms with Crippen molar-refractivity contribution >= 4 is 19.1 Å². The first kappa shape index (κ1) is 13.5. The van der Waals surface area contributed by atoms with Crippen molar-refractivity contribution in [3.05, 3.63) is 48.5 Å². The summed E-state index contributed by atoms with van der Waals surface area (Å²) in [4.78, 5) is 8.30. The first-order valence-corrected chi connectivity index (χ1v) is 10.3. The monoisotopic (exact) mass is 292 g/mol. The fraction of sp³-hybridized carbons (Fsp3) is 0.188. The molecule has 0 saturated carbocycles. The number of fused-ring (bicyclic) bond motifs is 1. The number of aromatic nitrogens is 4. The molecular weight excluding hydrogens is 276 g/mol. The van der Waals surface area contributed by atoms with Crippen molar-refractivity contribution in [3.8, 4) is 17.2 Å². The molecule has 1 aromatic carbocycles. The lowest BCUT2D eigenvalue weighted by Crippen LogP contribution is -2.16. The standard InChI is InChI=1S/C16H16N4Si/c1-21(2,3)8-7-13-5-4-6-15(9-13)20-16-14(11-19-20)10-17-12-18-16/h4-6,9-12H,1-3H3. The van der Waals surface area contributed by atoms with Crippen LogP contribution in [-0.4, -0.2) is 27.8 Å². The molecule has 0 bridgehead atoms. The van der Waals surface area contributed by atoms with Crippen LogP contribution in [0.3, 0.4) is 0 Å². The van der Waals surface area contributed by atoms with Crippen LogP contribution < -0.4 is 0 Å². The fourth-order valence-corrected chi connectivity index (χ4v) is 2.46. The molecule has 2 aromatic heterocycles. The van der Waals surface area contributed by atoms with E-state index in [1.165, 1.54) is 6.33 Å². The van der Waals surface area contributed by atoms with Crippen LogP contribution >= 0.6 is 0 Å². The Labute approximate surface area is 124 Å². The van der Waals surface area contributed by atoms with Gasteiger partial charge in [0.05, 0.1) is 17.3 Å². The third-order valence-electron chi connectivity index (χ3n) is 2.90. The Morgan fingerprint density at radius 1 is 1.14 bits per heavy atom. The molecule has 0 unspecified atom stereocenters. The highest BCUT2D eigenvalue weighted by Crippen LogP contribution is 2.16. The van der Waals surface area contributed by atoms with Gasteiger partial charge in [0, 0.05) is 11.8 Å². The topological polar surface area (TPSA) is 43.6 Å². The first-order valence-electron chi connectivity index (χ1n) is 6.80. The summed E-state index contributed by atoms with van der Waals surface area (Å²) in [5.74, 6) is 3.27. The van der Waals surface area contributed by atoms with Crippen molar-refractivity contribution in [2.75, 3.05) is 0 Å². The normalized spacial score (nSPS) is 11.2. The molecule has 0 fully saturated rings. The highest BCUT2D eigenvalue weighted by atomic mass is 28.3. The van der Waals surface area contributed by atoms with E-state index >= 15 is 0 Å². The van der Waals surface area contributed by atoms with Crippen LogP contribution in [0, 0.1) is 11.5 Å². The number of benzene rings is 1. The summed E-state index contributed by atoms with van der Waals surface area (Å²) in [6.45, 7) is 6.71. The van der Waals surface area contributed by atoms with Crippen LogP contribution in [0.4, 0.5) is 0 Å². The Bertz CT molecular complexity index is 850. The van der Waals surface area contributed by atoms with Gasteiger partial charge in [-0.3, -0.25) is 0 Å². The van der Waals surface area contributed by atoms with Crippen LogP contribution in [0.5, 0.6) is 0 Å². The second-order valence-electron chi connectivity index (χ2n) is 5.91. The molecule has 0 amide bonds. The summed E-state index contributed by atoms with van der Waals surface area (Å²) in [6.07, 6.45) is 5.08. The number of nitrogens with zero attached hydrogens (tertiary/aromatic N) is 4. The number of hydrogen-bond donors (Lipinski definition) is 0. The van der Waals surface area contributed by atoms with E-state index in [1.807, 2.05) is 28.9 Å². The van der Waals surface area contributed by atoms with Crippen molar-refractivity contribution < 1.29 is 0 Å². The van der Waals surface area contributed by atoms with Gasteiger partial charge in [-0.15, -0.1) is 5.54 Å². The van der Waals surface area contributed by atoms with E-state index < -0.39 is 8.07 Å². The summed E-state index contributed by atoms with van der Waals surface area (Å²) in [7, 11) is -1.37. The average molecular weight is 292 g/mol. The summed E-state index contributed by atoms with van der Waals surface area (Å²) in [5.41, 5.74) is 6.16. The maximum atomic E-state index is 4.39. The second-order valence-corrected chi connectivity index (χ2v) is 10.7. The van der Waals surface area contributed by atoms with Crippen LogP contribution in [0.2, 0.25) is 19.6 Å². The third-order valence-corrected chi connectivity index (χ3v) is 3.78. The van der Waals surface area contributed by atoms with Crippen molar-refractivity contribution in [3.63, 3.8) is 0 Å². The van der Waals surface area contributed by atoms with Crippen LogP contribution in [0.15, 0.2) is 43.0 Å². The molecule has 0 atom stereocenters. The third kappa shape index (κ3) is 3.01. The minimum atomic E-state index is -1.37. The van der Waals surface area contributed by atoms with Gasteiger partial charge in [0.1, 0.15) is 14.4 Å². The predicted molar refractivity (Wildman–Crippen MR) is 86.9 cm³/mol. The largest absolute Gasteiger partial charge is 0.244 e. The summed E-state index contributed by atoms with van der Waals surface area (Å²) < 4.78 is 1.82. The first-order chi connectivity index (χ1) is 10.0. The molecule has 0 aliphatic rings. The molecule has 0 spiro atoms. The van der Waals surface area contributed by atoms with Crippen LogP contribution in [0.1, 0.15) is 5.56 Å². The van der Waals surface area contributed by atoms with Crippen molar-refractivity contribution in [1.82, 2.24) is 19.7 Å². The van der Waals surface area contributed by atoms with Gasteiger partial charge in [0.2, 0.25) is 0 Å². The van der Waals surface area contributed by atoms with Crippen molar-refractivity contribution in [1.29, 1.82) is 0 Å². The van der Waals surface area contributed by atoms with Crippen molar-refractivity contribution in [2.45, 2.75) is 19.6 Å². The Balaban J connectivity index is 2.05. The Hall–Kier alpha value is -2.45. The molecule has 0 aliphatic heterocycles. The van der Waals surface area contributed by atoms with E-state index in [0.717, 1.165) is 22.3 Å². The molecule has 3 rings (SSSR count). The molecule has 4 nitrogen and oxygen atoms in total. The maximum Gasteiger partial charge on any atom is 0.166 e. The van der Waals surface area contributed by atoms with E-state index in [9.17, 15) is 0 Å². The average Bonchev–Trinajstić information content (AvgIpc) is 2.89. The Morgan fingerprint density at radius 2 is 2.00 bits per heavy atom. The molecule has 2 heterocycles. The van der Waals surface area contributed by atoms with E-state index in [4.69, 9.17) is 0 Å². The van der Waals surface area contributed by atoms with Gasteiger partial charge < -0.3 is 0 Å². The highest BCUT2D eigenvalue weighted by Gasteiger charge is 2.08. The van der Waals surface area contributed by atoms with Gasteiger partial charge >= 0.3 is 0 Å². The Morgan fingerprint density at radius 3 is 2.81 bits per heavy atom. The smallest absolute Gasteiger partial charge is 0.166 e. The predicted octanol–water partition coefficient (Wildman–Crippen LogP) is 3.04. The zero-order valence-corrected chi connectivity index (χ0v) is 13.3. The molecular formula is C16H16N4Si. The summed E-state index contributed by atoms with van der Waals surface area (Å²) in [5, 5.41) is 5.32. The molecule has 0 radical (unpaired) electrons. The number of hydrogen-bond acceptors (Lipinski definition) is 3. The zero-order valence-electron chi connectivity index (χ0n) is 12.3. The molecule has 0 aliphatic carbocycles. The second kappa shape index (κ2) is 5.15. The van der Waals surface area contributed by atoms with Gasteiger partial charge in [0.25, 0.3) is 0 Å². The highest BCUT2D eigenvalue weighted by molar-refractivity contribution is 6.83. The van der Waals surface area contributed by atoms with Gasteiger partial charge in [0.15, 0.2) is 5.65 Å². The lowest BCUT2D eigenvalue weighted by molar-refractivity contribution is 0.894.